The predicted molar refractivity (Wildman–Crippen MR) is 587 cm³/mol. The molecule has 0 radical (unpaired) electrons. The second-order valence-corrected chi connectivity index (χ2v) is 41.6. The number of amides is 4. The van der Waals surface area contributed by atoms with E-state index in [2.05, 4.69) is 149 Å². The van der Waals surface area contributed by atoms with Crippen LogP contribution < -0.4 is 0 Å². The lowest BCUT2D eigenvalue weighted by molar-refractivity contribution is -0.137. The first kappa shape index (κ1) is 119. The maximum Gasteiger partial charge on any atom is 0.339 e. The van der Waals surface area contributed by atoms with Gasteiger partial charge in [-0.3, -0.25) is 19.2 Å². The van der Waals surface area contributed by atoms with E-state index in [9.17, 15) is 38.4 Å². The normalized spacial score (nSPS) is 24.2. The van der Waals surface area contributed by atoms with Gasteiger partial charge in [-0.25, -0.2) is 19.2 Å². The Hall–Kier alpha value is -11.0. The highest BCUT2D eigenvalue weighted by Crippen LogP contribution is 2.35. The van der Waals surface area contributed by atoms with Crippen LogP contribution in [0.4, 0.5) is 0 Å². The van der Waals surface area contributed by atoms with Crippen LogP contribution in [0.25, 0.3) is 0 Å². The zero-order valence-corrected chi connectivity index (χ0v) is 91.8. The Bertz CT molecular complexity index is 5040. The Kier molecular flexibility index (Phi) is 51.7. The van der Waals surface area contributed by atoms with Crippen molar-refractivity contribution < 1.29 is 76.7 Å². The second-order valence-electron chi connectivity index (χ2n) is 40.9. The summed E-state index contributed by atoms with van der Waals surface area (Å²) in [5.41, 5.74) is 15.2. The molecular formula is C120H166Cl2N8O16. The summed E-state index contributed by atoms with van der Waals surface area (Å²) in [6.07, 6.45) is 60.1. The van der Waals surface area contributed by atoms with Crippen molar-refractivity contribution in [1.82, 2.24) is 19.6 Å². The maximum atomic E-state index is 13.5. The van der Waals surface area contributed by atoms with Crippen molar-refractivity contribution >= 4 is 93.6 Å². The summed E-state index contributed by atoms with van der Waals surface area (Å²) in [7, 11) is 0. The SMILES string of the molecule is CCCC1C/C=C/C(C)C/C=C/C(=N/OCC(=O)N2CCCCC2)Cc2c(Cl)c(C)cc(C)c2C(=O)O1.CCCC1C/C=C/C(C)C/C=C/C(=N/OCC(=O)N2CCCCC2)Cc2cc(C)cc(C)c2C(=O)O1.CCCC1C/C=C/C(C)C/C=C/C(=N\OCC(=O)N2CCCCC2)Cc2c(Cl)c(C)cc(C)c2C(=O)O1.CCCC1C/C=C/C(C)C/C=C/C(=N\OCC(=O)N2CCCCC2)Cc2cc(C)cc(C)c2C(=O)O1. The minimum atomic E-state index is -0.365. The fourth-order valence-electron chi connectivity index (χ4n) is 19.7. The van der Waals surface area contributed by atoms with Gasteiger partial charge in [0.1, 0.15) is 24.4 Å². The summed E-state index contributed by atoms with van der Waals surface area (Å²) < 4.78 is 24.0. The molecule has 0 bridgehead atoms. The standard InChI is InChI=1S/2C30H41ClN2O4.2C30H42N2O4/c2*1-5-11-25-15-10-13-21(2)12-9-14-24(32-36-20-27(34)33-16-7-6-8-17-33)19-26-28(30(35)37-25)22(3)18-23(4)29(26)31;2*1-5-11-27-15-10-13-22(2)12-9-14-26(31-35-21-28(33)32-16-7-6-8-17-32)20-25-19-23(3)18-24(4)29(25)30(34)36-27/h2*9-10,13-14,18,21,25H,5-8,11-12,15-17,19-20H2,1-4H3;2*9-10,13-14,18-19,22,27H,5-8,11-12,15-17,20-21H2,1-4H3/b13-10+,14-9+,32-24+;13-10+,14-9+,32-24-;13-10+,14-9+,31-26+;13-10+,14-9+,31-26-. The zero-order chi connectivity index (χ0) is 105. The molecular weight excluding hydrogens is 1880 g/mol. The molecule has 4 fully saturated rings. The van der Waals surface area contributed by atoms with Gasteiger partial charge in [-0.2, -0.15) is 0 Å². The smallest absolute Gasteiger partial charge is 0.339 e. The van der Waals surface area contributed by atoms with Crippen molar-refractivity contribution in [3.8, 4) is 0 Å². The lowest BCUT2D eigenvalue weighted by Crippen LogP contribution is -2.37. The predicted octanol–water partition coefficient (Wildman–Crippen LogP) is 25.7. The molecule has 26 heteroatoms. The topological polar surface area (TPSA) is 273 Å². The molecule has 24 nitrogen and oxygen atoms in total. The van der Waals surface area contributed by atoms with Crippen LogP contribution in [0.5, 0.6) is 0 Å². The molecule has 0 aliphatic carbocycles. The average molecular weight is 2050 g/mol. The molecule has 8 heterocycles. The quantitative estimate of drug-likeness (QED) is 0.0344. The molecule has 4 saturated heterocycles. The van der Waals surface area contributed by atoms with E-state index in [4.69, 9.17) is 61.5 Å². The molecule has 12 rings (SSSR count). The van der Waals surface area contributed by atoms with Crippen molar-refractivity contribution in [3.63, 3.8) is 0 Å². The van der Waals surface area contributed by atoms with E-state index in [-0.39, 0.29) is 98.3 Å². The number of halogens is 2. The highest BCUT2D eigenvalue weighted by Gasteiger charge is 2.31. The van der Waals surface area contributed by atoms with Crippen LogP contribution in [0.15, 0.2) is 154 Å². The molecule has 4 aromatic carbocycles. The van der Waals surface area contributed by atoms with Gasteiger partial charge in [-0.1, -0.05) is 245 Å². The monoisotopic (exact) mass is 2050 g/mol. The number of hydrogen-bond acceptors (Lipinski definition) is 20. The van der Waals surface area contributed by atoms with Crippen molar-refractivity contribution in [2.45, 2.75) is 341 Å². The number of aryl methyl sites for hydroxylation is 8. The van der Waals surface area contributed by atoms with Gasteiger partial charge < -0.3 is 57.9 Å². The van der Waals surface area contributed by atoms with Gasteiger partial charge >= 0.3 is 23.9 Å². The summed E-state index contributed by atoms with van der Waals surface area (Å²) in [5, 5.41) is 18.4. The molecule has 8 atom stereocenters. The van der Waals surface area contributed by atoms with Crippen molar-refractivity contribution in [3.05, 3.63) is 233 Å². The number of likely N-dealkylation sites (tertiary alicyclic amines) is 4. The number of oxime groups is 4. The summed E-state index contributed by atoms with van der Waals surface area (Å²) in [6, 6.07) is 11.9. The number of nitrogens with zero attached hydrogens (tertiary/aromatic N) is 8. The Morgan fingerprint density at radius 3 is 0.788 bits per heavy atom. The van der Waals surface area contributed by atoms with E-state index in [1.165, 1.54) is 12.8 Å². The average Bonchev–Trinajstić information content (AvgIpc) is 0.787. The molecule has 0 spiro atoms. The van der Waals surface area contributed by atoms with Gasteiger partial charge in [0.2, 0.25) is 0 Å². The first-order chi connectivity index (χ1) is 70.3. The molecule has 146 heavy (non-hydrogen) atoms. The van der Waals surface area contributed by atoms with Crippen LogP contribution in [0.3, 0.4) is 0 Å². The van der Waals surface area contributed by atoms with E-state index in [0.717, 1.165) is 262 Å². The van der Waals surface area contributed by atoms with E-state index < -0.39 is 0 Å². The van der Waals surface area contributed by atoms with Crippen LogP contribution >= 0.6 is 23.2 Å². The van der Waals surface area contributed by atoms with Crippen LogP contribution in [0.2, 0.25) is 10.0 Å². The third-order valence-electron chi connectivity index (χ3n) is 27.5. The Morgan fingerprint density at radius 2 is 0.541 bits per heavy atom. The molecule has 0 saturated carbocycles. The fourth-order valence-corrected chi connectivity index (χ4v) is 20.1. The number of rotatable bonds is 20. The van der Waals surface area contributed by atoms with Crippen molar-refractivity contribution in [1.29, 1.82) is 0 Å². The number of cyclic esters (lactones) is 4. The number of carbonyl (C=O) groups excluding carboxylic acids is 8. The molecule has 0 aromatic heterocycles. The van der Waals surface area contributed by atoms with Gasteiger partial charge in [-0.05, 0) is 287 Å². The van der Waals surface area contributed by atoms with E-state index in [1.54, 1.807) is 0 Å². The second kappa shape index (κ2) is 63.7. The third-order valence-corrected chi connectivity index (χ3v) is 28.5. The number of allylic oxidation sites excluding steroid dienone is 12. The summed E-state index contributed by atoms with van der Waals surface area (Å²) in [6.45, 7) is 38.5. The number of piperidine rings is 4. The number of ether oxygens (including phenoxy) is 4. The van der Waals surface area contributed by atoms with Gasteiger partial charge in [0.15, 0.2) is 26.4 Å². The largest absolute Gasteiger partial charge is 0.458 e. The number of fused-ring (bicyclic) bond motifs is 4. The van der Waals surface area contributed by atoms with Gasteiger partial charge in [0, 0.05) is 114 Å². The lowest BCUT2D eigenvalue weighted by Gasteiger charge is -2.26. The number of esters is 4. The first-order valence-corrected chi connectivity index (χ1v) is 54.9. The fraction of sp³-hybridized carbons (Fsp3) is 0.567. The third kappa shape index (κ3) is 39.9. The van der Waals surface area contributed by atoms with Crippen LogP contribution in [-0.4, -0.2) is 193 Å². The summed E-state index contributed by atoms with van der Waals surface area (Å²) in [5.74, 6) is -0.128. The zero-order valence-electron chi connectivity index (χ0n) is 90.3. The lowest BCUT2D eigenvalue weighted by atomic mass is 9.94. The summed E-state index contributed by atoms with van der Waals surface area (Å²) >= 11 is 13.5. The molecule has 8 aliphatic heterocycles. The Balaban J connectivity index is 0.000000217. The highest BCUT2D eigenvalue weighted by molar-refractivity contribution is 6.33. The van der Waals surface area contributed by atoms with Crippen LogP contribution in [0.1, 0.15) is 343 Å². The van der Waals surface area contributed by atoms with Crippen LogP contribution in [0, 0.1) is 79.1 Å². The molecule has 4 aromatic rings. The highest BCUT2D eigenvalue weighted by atomic mass is 35.5. The van der Waals surface area contributed by atoms with E-state index in [1.807, 2.05) is 136 Å². The maximum absolute atomic E-state index is 13.5. The Morgan fingerprint density at radius 1 is 0.308 bits per heavy atom. The Labute approximate surface area is 880 Å². The minimum absolute atomic E-state index is 0.0275. The molecule has 4 amide bonds. The summed E-state index contributed by atoms with van der Waals surface area (Å²) in [4.78, 5) is 133. The van der Waals surface area contributed by atoms with Crippen LogP contribution in [-0.2, 0) is 83.2 Å². The number of benzene rings is 4. The van der Waals surface area contributed by atoms with E-state index in [0.29, 0.717) is 128 Å². The molecule has 0 N–H and O–H groups in total. The first-order valence-electron chi connectivity index (χ1n) is 54.1. The molecule has 8 aliphatic rings. The van der Waals surface area contributed by atoms with Gasteiger partial charge in [0.25, 0.3) is 23.6 Å². The number of hydrogen-bond donors (Lipinski definition) is 0. The molecule has 796 valence electrons. The minimum Gasteiger partial charge on any atom is -0.458 e. The molecule has 8 unspecified atom stereocenters. The van der Waals surface area contributed by atoms with E-state index >= 15 is 0 Å². The van der Waals surface area contributed by atoms with Gasteiger partial charge in [0.05, 0.1) is 45.1 Å². The number of carbonyl (C=O) groups is 8. The van der Waals surface area contributed by atoms with Gasteiger partial charge in [-0.15, -0.1) is 0 Å². The van der Waals surface area contributed by atoms with Crippen molar-refractivity contribution in [2.24, 2.45) is 44.3 Å². The van der Waals surface area contributed by atoms with Crippen molar-refractivity contribution in [2.75, 3.05) is 78.8 Å².